The van der Waals surface area contributed by atoms with E-state index < -0.39 is 12.6 Å². The van der Waals surface area contributed by atoms with Gasteiger partial charge in [0.2, 0.25) is 0 Å². The van der Waals surface area contributed by atoms with Crippen LogP contribution in [0.5, 0.6) is 0 Å². The highest BCUT2D eigenvalue weighted by Gasteiger charge is 2.31. The highest BCUT2D eigenvalue weighted by molar-refractivity contribution is 5.58. The molecule has 4 nitrogen and oxygen atoms in total. The van der Waals surface area contributed by atoms with Crippen molar-refractivity contribution in [1.82, 2.24) is 14.9 Å². The summed E-state index contributed by atoms with van der Waals surface area (Å²) in [5, 5.41) is 10.7. The Labute approximate surface area is 77.4 Å². The molecule has 0 spiro atoms. The Kier molecular flexibility index (Phi) is 2.01. The molecule has 1 aliphatic heterocycles. The smallest absolute Gasteiger partial charge is 0.201 e. The van der Waals surface area contributed by atoms with Crippen molar-refractivity contribution in [2.45, 2.75) is 25.4 Å². The number of rotatable bonds is 1. The van der Waals surface area contributed by atoms with Gasteiger partial charge in [0.15, 0.2) is 11.6 Å². The maximum absolute atomic E-state index is 12.0. The molecule has 75 valence electrons. The van der Waals surface area contributed by atoms with Crippen molar-refractivity contribution in [1.29, 1.82) is 0 Å². The minimum Gasteiger partial charge on any atom is -0.201 e. The zero-order chi connectivity index (χ0) is 10.2. The summed E-state index contributed by atoms with van der Waals surface area (Å²) in [5.74, 6) is 0.280. The lowest BCUT2D eigenvalue weighted by Crippen LogP contribution is -2.16. The molecule has 2 heterocycles. The van der Waals surface area contributed by atoms with Crippen molar-refractivity contribution in [2.24, 2.45) is 5.10 Å². The number of aromatic nitrogens is 3. The topological polar surface area (TPSA) is 43.1 Å². The number of nitrogens with zero attached hydrogens (tertiary/aromatic N) is 4. The average Bonchev–Trinajstić information content (AvgIpc) is 2.47. The van der Waals surface area contributed by atoms with E-state index in [0.717, 1.165) is 4.68 Å². The molecule has 0 aromatic carbocycles. The first-order chi connectivity index (χ1) is 6.56. The number of hydrogen-bond acceptors (Lipinski definition) is 3. The summed E-state index contributed by atoms with van der Waals surface area (Å²) in [6.07, 6.45) is -1.68. The van der Waals surface area contributed by atoms with Crippen LogP contribution in [0.1, 0.15) is 18.1 Å². The van der Waals surface area contributed by atoms with Crippen LogP contribution in [0.2, 0.25) is 0 Å². The van der Waals surface area contributed by atoms with Crippen LogP contribution in [0.25, 0.3) is 0 Å². The Morgan fingerprint density at radius 2 is 2.14 bits per heavy atom. The van der Waals surface area contributed by atoms with Gasteiger partial charge in [-0.2, -0.15) is 18.3 Å². The van der Waals surface area contributed by atoms with Crippen molar-refractivity contribution in [3.8, 4) is 0 Å². The Morgan fingerprint density at radius 3 is 2.86 bits per heavy atom. The molecule has 0 atom stereocenters. The van der Waals surface area contributed by atoms with Crippen molar-refractivity contribution in [2.75, 3.05) is 0 Å². The van der Waals surface area contributed by atoms with Gasteiger partial charge >= 0.3 is 6.18 Å². The van der Waals surface area contributed by atoms with Gasteiger partial charge in [-0.3, -0.25) is 0 Å². The lowest BCUT2D eigenvalue weighted by Gasteiger charge is -2.08. The molecule has 0 fully saturated rings. The first-order valence-corrected chi connectivity index (χ1v) is 4.00. The second-order valence-electron chi connectivity index (χ2n) is 2.89. The summed E-state index contributed by atoms with van der Waals surface area (Å²) in [6.45, 7) is 0. The predicted octanol–water partition coefficient (Wildman–Crippen LogP) is 1.04. The standard InChI is InChI=1S/C7H6F3N4/c8-7(9,10)4-6-13-12-5-2-1-3-11-14(5)6/h1-2,4H2. The molecule has 1 aromatic heterocycles. The van der Waals surface area contributed by atoms with E-state index in [-0.39, 0.29) is 5.82 Å². The van der Waals surface area contributed by atoms with E-state index in [1.807, 2.05) is 0 Å². The summed E-state index contributed by atoms with van der Waals surface area (Å²) < 4.78 is 37.2. The molecule has 7 heteroatoms. The summed E-state index contributed by atoms with van der Waals surface area (Å²) in [5.41, 5.74) is 0. The third-order valence-electron chi connectivity index (χ3n) is 1.76. The maximum atomic E-state index is 12.0. The Morgan fingerprint density at radius 1 is 1.36 bits per heavy atom. The van der Waals surface area contributed by atoms with Crippen molar-refractivity contribution in [3.05, 3.63) is 11.6 Å². The number of hydrogen-bond donors (Lipinski definition) is 0. The maximum Gasteiger partial charge on any atom is 0.396 e. The lowest BCUT2D eigenvalue weighted by molar-refractivity contribution is -0.129. The van der Waals surface area contributed by atoms with E-state index in [2.05, 4.69) is 21.5 Å². The van der Waals surface area contributed by atoms with Gasteiger partial charge in [0, 0.05) is 12.8 Å². The van der Waals surface area contributed by atoms with Gasteiger partial charge in [0.05, 0.1) is 6.21 Å². The molecule has 14 heavy (non-hydrogen) atoms. The van der Waals surface area contributed by atoms with E-state index in [1.165, 1.54) is 0 Å². The van der Waals surface area contributed by atoms with Crippen LogP contribution in [0.4, 0.5) is 13.2 Å². The van der Waals surface area contributed by atoms with Gasteiger partial charge in [-0.05, 0) is 0 Å². The fourth-order valence-electron chi connectivity index (χ4n) is 1.20. The minimum absolute atomic E-state index is 0.181. The van der Waals surface area contributed by atoms with E-state index in [0.29, 0.717) is 18.7 Å². The number of aryl methyl sites for hydroxylation is 1. The molecular weight excluding hydrogens is 197 g/mol. The largest absolute Gasteiger partial charge is 0.396 e. The van der Waals surface area contributed by atoms with Crippen molar-refractivity contribution >= 4 is 6.21 Å². The van der Waals surface area contributed by atoms with Gasteiger partial charge < -0.3 is 0 Å². The third-order valence-corrected chi connectivity index (χ3v) is 1.76. The number of fused-ring (bicyclic) bond motifs is 1. The van der Waals surface area contributed by atoms with Crippen LogP contribution in [-0.4, -0.2) is 27.3 Å². The molecule has 0 bridgehead atoms. The van der Waals surface area contributed by atoms with Crippen LogP contribution >= 0.6 is 0 Å². The zero-order valence-corrected chi connectivity index (χ0v) is 7.04. The molecule has 0 unspecified atom stereocenters. The predicted molar refractivity (Wildman–Crippen MR) is 40.9 cm³/mol. The molecule has 0 saturated heterocycles. The normalized spacial score (nSPS) is 15.6. The molecule has 1 aromatic rings. The van der Waals surface area contributed by atoms with Gasteiger partial charge in [-0.1, -0.05) is 0 Å². The van der Waals surface area contributed by atoms with Crippen LogP contribution in [0.3, 0.4) is 0 Å². The first-order valence-electron chi connectivity index (χ1n) is 4.00. The van der Waals surface area contributed by atoms with Crippen molar-refractivity contribution in [3.63, 3.8) is 0 Å². The highest BCUT2D eigenvalue weighted by atomic mass is 19.4. The summed E-state index contributed by atoms with van der Waals surface area (Å²) in [4.78, 5) is 0. The zero-order valence-electron chi connectivity index (χ0n) is 7.04. The molecule has 1 radical (unpaired) electrons. The quantitative estimate of drug-likeness (QED) is 0.684. The monoisotopic (exact) mass is 203 g/mol. The van der Waals surface area contributed by atoms with E-state index in [1.54, 1.807) is 0 Å². The lowest BCUT2D eigenvalue weighted by atomic mass is 10.3. The Bertz CT molecular complexity index is 366. The number of alkyl halides is 3. The molecular formula is C7H6F3N4. The SMILES string of the molecule is FC(F)(F)Cc1nnc2n1N=[C]CC2. The van der Waals surface area contributed by atoms with Gasteiger partial charge in [-0.15, -0.1) is 10.2 Å². The van der Waals surface area contributed by atoms with Crippen LogP contribution in [-0.2, 0) is 12.8 Å². The van der Waals surface area contributed by atoms with E-state index >= 15 is 0 Å². The number of halogens is 3. The molecule has 0 saturated carbocycles. The minimum atomic E-state index is -4.28. The fraction of sp³-hybridized carbons (Fsp3) is 0.571. The molecule has 1 aliphatic rings. The average molecular weight is 203 g/mol. The van der Waals surface area contributed by atoms with E-state index in [4.69, 9.17) is 0 Å². The van der Waals surface area contributed by atoms with Crippen molar-refractivity contribution < 1.29 is 13.2 Å². The van der Waals surface area contributed by atoms with Gasteiger partial charge in [0.25, 0.3) is 0 Å². The first kappa shape index (κ1) is 9.17. The summed E-state index contributed by atoms with van der Waals surface area (Å²) in [6, 6.07) is 0. The second kappa shape index (κ2) is 3.07. The van der Waals surface area contributed by atoms with Crippen LogP contribution in [0.15, 0.2) is 5.10 Å². The van der Waals surface area contributed by atoms with Crippen LogP contribution in [0, 0.1) is 0 Å². The molecule has 0 N–H and O–H groups in total. The third kappa shape index (κ3) is 1.75. The highest BCUT2D eigenvalue weighted by Crippen LogP contribution is 2.21. The molecule has 2 rings (SSSR count). The Hall–Kier alpha value is -1.40. The van der Waals surface area contributed by atoms with Gasteiger partial charge in [0.1, 0.15) is 6.42 Å². The summed E-state index contributed by atoms with van der Waals surface area (Å²) >= 11 is 0. The molecule has 0 aliphatic carbocycles. The molecule has 0 amide bonds. The Balaban J connectivity index is 2.28. The fourth-order valence-corrected chi connectivity index (χ4v) is 1.20. The van der Waals surface area contributed by atoms with Gasteiger partial charge in [-0.25, -0.2) is 4.68 Å². The summed E-state index contributed by atoms with van der Waals surface area (Å²) in [7, 11) is 0. The van der Waals surface area contributed by atoms with E-state index in [9.17, 15) is 13.2 Å². The second-order valence-corrected chi connectivity index (χ2v) is 2.89. The van der Waals surface area contributed by atoms with Crippen LogP contribution < -0.4 is 0 Å².